The summed E-state index contributed by atoms with van der Waals surface area (Å²) < 4.78 is 10.0. The average molecular weight is 330 g/mol. The number of carbonyl (C=O) groups is 2. The van der Waals surface area contributed by atoms with Crippen molar-refractivity contribution in [3.05, 3.63) is 34.9 Å². The maximum atomic E-state index is 11.9. The van der Waals surface area contributed by atoms with Crippen LogP contribution in [0.15, 0.2) is 24.3 Å². The molecule has 2 N–H and O–H groups in total. The molecule has 0 aliphatic heterocycles. The van der Waals surface area contributed by atoms with E-state index >= 15 is 0 Å². The predicted molar refractivity (Wildman–Crippen MR) is 81.9 cm³/mol. The molecular formula is C15H20ClNO5. The van der Waals surface area contributed by atoms with Crippen molar-refractivity contribution in [1.82, 2.24) is 5.32 Å². The third-order valence-electron chi connectivity index (χ3n) is 2.89. The Labute approximate surface area is 134 Å². The van der Waals surface area contributed by atoms with E-state index in [1.54, 1.807) is 31.4 Å². The van der Waals surface area contributed by atoms with Gasteiger partial charge in [-0.25, -0.2) is 0 Å². The zero-order valence-corrected chi connectivity index (χ0v) is 13.1. The van der Waals surface area contributed by atoms with E-state index in [9.17, 15) is 9.59 Å². The zero-order valence-electron chi connectivity index (χ0n) is 12.4. The number of halogens is 1. The van der Waals surface area contributed by atoms with Crippen LogP contribution < -0.4 is 5.32 Å². The van der Waals surface area contributed by atoms with Gasteiger partial charge < -0.3 is 19.9 Å². The normalized spacial score (nSPS) is 11.9. The van der Waals surface area contributed by atoms with Crippen LogP contribution in [0.4, 0.5) is 0 Å². The Morgan fingerprint density at radius 2 is 1.91 bits per heavy atom. The van der Waals surface area contributed by atoms with E-state index in [0.29, 0.717) is 23.8 Å². The monoisotopic (exact) mass is 329 g/mol. The highest BCUT2D eigenvalue weighted by Crippen LogP contribution is 2.19. The number of rotatable bonds is 10. The second-order valence-electron chi connectivity index (χ2n) is 4.62. The van der Waals surface area contributed by atoms with Gasteiger partial charge in [-0.2, -0.15) is 0 Å². The Bertz CT molecular complexity index is 477. The molecule has 1 aromatic carbocycles. The number of ether oxygens (including phenoxy) is 2. The number of carboxylic acid groups (broad SMARTS) is 1. The van der Waals surface area contributed by atoms with Gasteiger partial charge in [-0.1, -0.05) is 23.7 Å². The van der Waals surface area contributed by atoms with Crippen molar-refractivity contribution in [3.63, 3.8) is 0 Å². The second-order valence-corrected chi connectivity index (χ2v) is 5.06. The highest BCUT2D eigenvalue weighted by atomic mass is 35.5. The van der Waals surface area contributed by atoms with Crippen LogP contribution in [0.2, 0.25) is 5.02 Å². The summed E-state index contributed by atoms with van der Waals surface area (Å²) in [6.07, 6.45) is -0.0364. The van der Waals surface area contributed by atoms with Gasteiger partial charge in [-0.05, 0) is 17.7 Å². The summed E-state index contributed by atoms with van der Waals surface area (Å²) in [4.78, 5) is 22.8. The molecule has 0 aliphatic carbocycles. The third kappa shape index (κ3) is 7.40. The van der Waals surface area contributed by atoms with Crippen LogP contribution in [0.3, 0.4) is 0 Å². The van der Waals surface area contributed by atoms with E-state index in [1.807, 2.05) is 0 Å². The molecule has 7 heteroatoms. The lowest BCUT2D eigenvalue weighted by molar-refractivity contribution is -0.137. The summed E-state index contributed by atoms with van der Waals surface area (Å²) in [5.74, 6) is -1.25. The minimum atomic E-state index is -0.989. The Morgan fingerprint density at radius 1 is 1.23 bits per heavy atom. The molecule has 0 saturated heterocycles. The molecule has 0 aliphatic rings. The smallest absolute Gasteiger partial charge is 0.305 e. The van der Waals surface area contributed by atoms with Gasteiger partial charge in [0.05, 0.1) is 32.3 Å². The SMILES string of the molecule is COCCOCCC(=O)N[C@@H](CC(=O)O)c1ccc(Cl)cc1. The first-order valence-electron chi connectivity index (χ1n) is 6.86. The maximum absolute atomic E-state index is 11.9. The molecule has 0 radical (unpaired) electrons. The van der Waals surface area contributed by atoms with Crippen molar-refractivity contribution < 1.29 is 24.2 Å². The fraction of sp³-hybridized carbons (Fsp3) is 0.467. The third-order valence-corrected chi connectivity index (χ3v) is 3.14. The fourth-order valence-electron chi connectivity index (χ4n) is 1.80. The van der Waals surface area contributed by atoms with Crippen LogP contribution in [0.25, 0.3) is 0 Å². The largest absolute Gasteiger partial charge is 0.481 e. The lowest BCUT2D eigenvalue weighted by Crippen LogP contribution is -2.30. The lowest BCUT2D eigenvalue weighted by atomic mass is 10.0. The van der Waals surface area contributed by atoms with Gasteiger partial charge >= 0.3 is 5.97 Å². The molecule has 0 fully saturated rings. The first kappa shape index (κ1) is 18.4. The van der Waals surface area contributed by atoms with Gasteiger partial charge in [-0.3, -0.25) is 9.59 Å². The number of carboxylic acids is 1. The van der Waals surface area contributed by atoms with E-state index in [4.69, 9.17) is 26.2 Å². The molecule has 122 valence electrons. The Kier molecular flexibility index (Phi) is 8.50. The first-order chi connectivity index (χ1) is 10.5. The number of nitrogens with one attached hydrogen (secondary N) is 1. The van der Waals surface area contributed by atoms with Gasteiger partial charge in [0, 0.05) is 18.6 Å². The van der Waals surface area contributed by atoms with E-state index in [0.717, 1.165) is 0 Å². The summed E-state index contributed by atoms with van der Waals surface area (Å²) in [6.45, 7) is 1.14. The molecule has 6 nitrogen and oxygen atoms in total. The standard InChI is InChI=1S/C15H20ClNO5/c1-21-8-9-22-7-6-14(18)17-13(10-15(19)20)11-2-4-12(16)5-3-11/h2-5,13H,6-10H2,1H3,(H,17,18)(H,19,20)/t13-/m0/s1. The van der Waals surface area contributed by atoms with Gasteiger partial charge in [0.15, 0.2) is 0 Å². The number of methoxy groups -OCH3 is 1. The first-order valence-corrected chi connectivity index (χ1v) is 7.24. The quantitative estimate of drug-likeness (QED) is 0.641. The highest BCUT2D eigenvalue weighted by Gasteiger charge is 2.17. The number of amides is 1. The van der Waals surface area contributed by atoms with Crippen LogP contribution >= 0.6 is 11.6 Å². The number of hydrogen-bond acceptors (Lipinski definition) is 4. The second kappa shape index (κ2) is 10.2. The topological polar surface area (TPSA) is 84.9 Å². The zero-order chi connectivity index (χ0) is 16.4. The number of aliphatic carboxylic acids is 1. The van der Waals surface area contributed by atoms with Gasteiger partial charge in [0.1, 0.15) is 0 Å². The number of hydrogen-bond donors (Lipinski definition) is 2. The van der Waals surface area contributed by atoms with E-state index in [2.05, 4.69) is 5.32 Å². The minimum Gasteiger partial charge on any atom is -0.481 e. The summed E-state index contributed by atoms with van der Waals surface area (Å²) in [5, 5.41) is 12.2. The van der Waals surface area contributed by atoms with Crippen molar-refractivity contribution in [2.75, 3.05) is 26.9 Å². The molecule has 0 bridgehead atoms. The van der Waals surface area contributed by atoms with Crippen molar-refractivity contribution in [2.45, 2.75) is 18.9 Å². The Hall–Kier alpha value is -1.63. The fourth-order valence-corrected chi connectivity index (χ4v) is 1.92. The maximum Gasteiger partial charge on any atom is 0.305 e. The Morgan fingerprint density at radius 3 is 2.50 bits per heavy atom. The molecule has 0 spiro atoms. The summed E-state index contributed by atoms with van der Waals surface area (Å²) in [7, 11) is 1.57. The summed E-state index contributed by atoms with van der Waals surface area (Å²) >= 11 is 5.81. The van der Waals surface area contributed by atoms with Crippen LogP contribution in [0, 0.1) is 0 Å². The van der Waals surface area contributed by atoms with Crippen molar-refractivity contribution in [1.29, 1.82) is 0 Å². The van der Waals surface area contributed by atoms with Crippen LogP contribution in [-0.2, 0) is 19.1 Å². The highest BCUT2D eigenvalue weighted by molar-refractivity contribution is 6.30. The Balaban J connectivity index is 2.52. The van der Waals surface area contributed by atoms with Crippen molar-refractivity contribution >= 4 is 23.5 Å². The average Bonchev–Trinajstić information content (AvgIpc) is 2.46. The lowest BCUT2D eigenvalue weighted by Gasteiger charge is -2.17. The predicted octanol–water partition coefficient (Wildman–Crippen LogP) is 2.03. The van der Waals surface area contributed by atoms with Crippen molar-refractivity contribution in [2.24, 2.45) is 0 Å². The number of carbonyl (C=O) groups excluding carboxylic acids is 1. The van der Waals surface area contributed by atoms with Crippen LogP contribution in [0.5, 0.6) is 0 Å². The van der Waals surface area contributed by atoms with Crippen LogP contribution in [0.1, 0.15) is 24.4 Å². The van der Waals surface area contributed by atoms with Gasteiger partial charge in [0.25, 0.3) is 0 Å². The minimum absolute atomic E-state index is 0.160. The number of benzene rings is 1. The van der Waals surface area contributed by atoms with E-state index in [1.165, 1.54) is 0 Å². The molecule has 22 heavy (non-hydrogen) atoms. The van der Waals surface area contributed by atoms with Gasteiger partial charge in [0.2, 0.25) is 5.91 Å². The molecular weight excluding hydrogens is 310 g/mol. The molecule has 0 aromatic heterocycles. The molecule has 1 aromatic rings. The molecule has 1 amide bonds. The summed E-state index contributed by atoms with van der Waals surface area (Å²) in [5.41, 5.74) is 0.695. The van der Waals surface area contributed by atoms with Crippen molar-refractivity contribution in [3.8, 4) is 0 Å². The van der Waals surface area contributed by atoms with E-state index in [-0.39, 0.29) is 25.4 Å². The molecule has 1 rings (SSSR count). The molecule has 0 heterocycles. The van der Waals surface area contributed by atoms with Gasteiger partial charge in [-0.15, -0.1) is 0 Å². The molecule has 0 saturated carbocycles. The molecule has 0 unspecified atom stereocenters. The van der Waals surface area contributed by atoms with Crippen LogP contribution in [-0.4, -0.2) is 43.9 Å². The summed E-state index contributed by atoms with van der Waals surface area (Å²) in [6, 6.07) is 6.12. The molecule has 1 atom stereocenters. The van der Waals surface area contributed by atoms with E-state index < -0.39 is 12.0 Å².